The fourth-order valence-corrected chi connectivity index (χ4v) is 2.71. The first-order chi connectivity index (χ1) is 6.16. The molecular weight excluding hydrogens is 200 g/mol. The molecule has 78 valence electrons. The van der Waals surface area contributed by atoms with Crippen molar-refractivity contribution in [3.05, 3.63) is 0 Å². The van der Waals surface area contributed by atoms with E-state index in [1.165, 1.54) is 19.3 Å². The molecule has 1 aliphatic rings. The molecule has 0 spiro atoms. The van der Waals surface area contributed by atoms with Crippen LogP contribution in [0, 0.1) is 0 Å². The quantitative estimate of drug-likeness (QED) is 0.432. The highest BCUT2D eigenvalue weighted by molar-refractivity contribution is 7.80. The van der Waals surface area contributed by atoms with Crippen molar-refractivity contribution in [3.8, 4) is 0 Å². The van der Waals surface area contributed by atoms with Gasteiger partial charge in [-0.05, 0) is 32.1 Å². The average Bonchev–Trinajstić information content (AvgIpc) is 2.15. The van der Waals surface area contributed by atoms with E-state index in [-0.39, 0.29) is 10.7 Å². The molecule has 2 nitrogen and oxygen atoms in total. The van der Waals surface area contributed by atoms with Gasteiger partial charge in [0.2, 0.25) is 0 Å². The number of hydrogen-bond acceptors (Lipinski definition) is 3. The zero-order chi connectivity index (χ0) is 9.73. The lowest BCUT2D eigenvalue weighted by molar-refractivity contribution is -0.0279. The van der Waals surface area contributed by atoms with Crippen LogP contribution in [0.4, 0.5) is 0 Å². The van der Waals surface area contributed by atoms with Gasteiger partial charge in [-0.1, -0.05) is 0 Å². The van der Waals surface area contributed by atoms with Crippen molar-refractivity contribution < 1.29 is 9.47 Å². The molecule has 0 saturated carbocycles. The van der Waals surface area contributed by atoms with E-state index in [0.717, 1.165) is 29.7 Å². The van der Waals surface area contributed by atoms with Crippen LogP contribution in [0.2, 0.25) is 0 Å². The molecule has 0 aromatic heterocycles. The summed E-state index contributed by atoms with van der Waals surface area (Å²) < 4.78 is 10.9. The van der Waals surface area contributed by atoms with E-state index in [9.17, 15) is 0 Å². The van der Waals surface area contributed by atoms with Gasteiger partial charge >= 0.3 is 0 Å². The summed E-state index contributed by atoms with van der Waals surface area (Å²) in [6, 6.07) is 0. The standard InChI is InChI=1S/C9H20O2SSi/c1-10-8(12)4-6-9(13)5-2-3-7-11-9/h8,12H,2-7H2,1,13H3. The Morgan fingerprint density at radius 2 is 2.38 bits per heavy atom. The number of rotatable bonds is 4. The fraction of sp³-hybridized carbons (Fsp3) is 1.00. The monoisotopic (exact) mass is 220 g/mol. The third-order valence-electron chi connectivity index (χ3n) is 2.74. The predicted octanol–water partition coefficient (Wildman–Crippen LogP) is 0.931. The van der Waals surface area contributed by atoms with Crippen molar-refractivity contribution in [2.45, 2.75) is 42.8 Å². The minimum atomic E-state index is 0.0800. The van der Waals surface area contributed by atoms with Gasteiger partial charge in [-0.3, -0.25) is 0 Å². The molecular formula is C9H20O2SSi. The van der Waals surface area contributed by atoms with Crippen molar-refractivity contribution in [1.82, 2.24) is 0 Å². The van der Waals surface area contributed by atoms with Crippen LogP contribution in [0.25, 0.3) is 0 Å². The highest BCUT2D eigenvalue weighted by Crippen LogP contribution is 2.27. The van der Waals surface area contributed by atoms with Crippen LogP contribution in [0.5, 0.6) is 0 Å². The Morgan fingerprint density at radius 1 is 1.62 bits per heavy atom. The van der Waals surface area contributed by atoms with Gasteiger partial charge in [0.05, 0.1) is 5.44 Å². The fourth-order valence-electron chi connectivity index (χ4n) is 1.74. The second kappa shape index (κ2) is 5.39. The maximum absolute atomic E-state index is 5.83. The van der Waals surface area contributed by atoms with Crippen molar-refractivity contribution >= 4 is 22.9 Å². The zero-order valence-electron chi connectivity index (χ0n) is 8.58. The van der Waals surface area contributed by atoms with Gasteiger partial charge in [0, 0.05) is 29.2 Å². The second-order valence-corrected chi connectivity index (χ2v) is 6.38. The van der Waals surface area contributed by atoms with Gasteiger partial charge in [-0.25, -0.2) is 0 Å². The van der Waals surface area contributed by atoms with Crippen LogP contribution in [-0.2, 0) is 9.47 Å². The lowest BCUT2D eigenvalue weighted by Gasteiger charge is -2.34. The maximum Gasteiger partial charge on any atom is 0.0996 e. The Bertz CT molecular complexity index is 149. The molecule has 1 saturated heterocycles. The number of thiol groups is 1. The Balaban J connectivity index is 2.24. The molecule has 0 aliphatic carbocycles. The summed E-state index contributed by atoms with van der Waals surface area (Å²) in [5.74, 6) is 0. The molecule has 0 N–H and O–H groups in total. The summed E-state index contributed by atoms with van der Waals surface area (Å²) in [5, 5.41) is 0.220. The molecule has 1 rings (SSSR count). The summed E-state index contributed by atoms with van der Waals surface area (Å²) in [6.45, 7) is 0.952. The maximum atomic E-state index is 5.83. The van der Waals surface area contributed by atoms with Crippen molar-refractivity contribution in [2.75, 3.05) is 13.7 Å². The van der Waals surface area contributed by atoms with Gasteiger partial charge in [-0.15, -0.1) is 12.6 Å². The Hall–Kier alpha value is 0.487. The van der Waals surface area contributed by atoms with Gasteiger partial charge < -0.3 is 9.47 Å². The molecule has 0 aromatic carbocycles. The molecule has 1 fully saturated rings. The summed E-state index contributed by atoms with van der Waals surface area (Å²) in [6.07, 6.45) is 5.92. The van der Waals surface area contributed by atoms with Gasteiger partial charge in [0.15, 0.2) is 0 Å². The molecule has 2 atom stereocenters. The topological polar surface area (TPSA) is 18.5 Å². The van der Waals surface area contributed by atoms with E-state index in [0.29, 0.717) is 0 Å². The molecule has 1 aliphatic heterocycles. The molecule has 0 bridgehead atoms. The predicted molar refractivity (Wildman–Crippen MR) is 61.5 cm³/mol. The first-order valence-electron chi connectivity index (χ1n) is 5.01. The first kappa shape index (κ1) is 11.6. The van der Waals surface area contributed by atoms with Gasteiger partial charge in [-0.2, -0.15) is 0 Å². The van der Waals surface area contributed by atoms with Crippen molar-refractivity contribution in [1.29, 1.82) is 0 Å². The molecule has 2 unspecified atom stereocenters. The van der Waals surface area contributed by atoms with E-state index >= 15 is 0 Å². The zero-order valence-corrected chi connectivity index (χ0v) is 11.5. The molecule has 4 heteroatoms. The lowest BCUT2D eigenvalue weighted by atomic mass is 10.0. The summed E-state index contributed by atoms with van der Waals surface area (Å²) >= 11 is 4.30. The highest BCUT2D eigenvalue weighted by Gasteiger charge is 2.27. The molecule has 13 heavy (non-hydrogen) atoms. The Morgan fingerprint density at radius 3 is 2.92 bits per heavy atom. The second-order valence-electron chi connectivity index (χ2n) is 3.98. The van der Waals surface area contributed by atoms with E-state index in [2.05, 4.69) is 12.6 Å². The molecule has 1 heterocycles. The van der Waals surface area contributed by atoms with Crippen LogP contribution in [-0.4, -0.2) is 34.6 Å². The van der Waals surface area contributed by atoms with Crippen molar-refractivity contribution in [3.63, 3.8) is 0 Å². The van der Waals surface area contributed by atoms with Crippen LogP contribution in [0.15, 0.2) is 0 Å². The SMILES string of the molecule is COC(S)CCC1([SiH3])CCCCO1. The summed E-state index contributed by atoms with van der Waals surface area (Å²) in [5.41, 5.74) is 0.0800. The molecule has 0 amide bonds. The largest absolute Gasteiger partial charge is 0.380 e. The minimum Gasteiger partial charge on any atom is -0.380 e. The molecule has 0 aromatic rings. The molecule has 0 radical (unpaired) electrons. The van der Waals surface area contributed by atoms with Crippen LogP contribution < -0.4 is 0 Å². The summed E-state index contributed by atoms with van der Waals surface area (Å²) in [7, 11) is 2.83. The van der Waals surface area contributed by atoms with Crippen LogP contribution in [0.1, 0.15) is 32.1 Å². The average molecular weight is 220 g/mol. The van der Waals surface area contributed by atoms with E-state index in [1.54, 1.807) is 7.11 Å². The number of hydrogen-bond donors (Lipinski definition) is 1. The Labute approximate surface area is 89.2 Å². The number of methoxy groups -OCH3 is 1. The smallest absolute Gasteiger partial charge is 0.0996 e. The first-order valence-corrected chi connectivity index (χ1v) is 6.53. The highest BCUT2D eigenvalue weighted by atomic mass is 32.1. The van der Waals surface area contributed by atoms with Gasteiger partial charge in [0.1, 0.15) is 0 Å². The summed E-state index contributed by atoms with van der Waals surface area (Å²) in [4.78, 5) is 0. The van der Waals surface area contributed by atoms with E-state index in [4.69, 9.17) is 9.47 Å². The minimum absolute atomic E-state index is 0.0800. The van der Waals surface area contributed by atoms with Crippen LogP contribution in [0.3, 0.4) is 0 Å². The van der Waals surface area contributed by atoms with E-state index in [1.807, 2.05) is 0 Å². The third-order valence-corrected chi connectivity index (χ3v) is 4.50. The lowest BCUT2D eigenvalue weighted by Crippen LogP contribution is -2.37. The number of ether oxygens (including phenoxy) is 2. The third kappa shape index (κ3) is 4.02. The van der Waals surface area contributed by atoms with Gasteiger partial charge in [0.25, 0.3) is 0 Å². The van der Waals surface area contributed by atoms with Crippen LogP contribution >= 0.6 is 12.6 Å². The Kier molecular flexibility index (Phi) is 4.79. The van der Waals surface area contributed by atoms with Crippen molar-refractivity contribution in [2.24, 2.45) is 0 Å². The normalized spacial score (nSPS) is 31.8. The van der Waals surface area contributed by atoms with E-state index < -0.39 is 0 Å².